The van der Waals surface area contributed by atoms with E-state index in [1.165, 1.54) is 12.1 Å². The molecule has 7 heteroatoms. The predicted molar refractivity (Wildman–Crippen MR) is 98.1 cm³/mol. The van der Waals surface area contributed by atoms with E-state index in [-0.39, 0.29) is 23.9 Å². The Bertz CT molecular complexity index is 939. The van der Waals surface area contributed by atoms with E-state index in [0.717, 1.165) is 17.2 Å². The van der Waals surface area contributed by atoms with Gasteiger partial charge in [0.15, 0.2) is 0 Å². The Hall–Kier alpha value is -3.06. The fourth-order valence-electron chi connectivity index (χ4n) is 2.58. The van der Waals surface area contributed by atoms with Gasteiger partial charge in [-0.3, -0.25) is 10.1 Å². The molecule has 3 rings (SSSR count). The fourth-order valence-corrected chi connectivity index (χ4v) is 2.58. The minimum Gasteiger partial charge on any atom is -0.338 e. The number of aryl methyl sites for hydroxylation is 1. The van der Waals surface area contributed by atoms with Crippen molar-refractivity contribution in [3.8, 4) is 11.3 Å². The first-order valence-electron chi connectivity index (χ1n) is 8.44. The molecule has 0 spiro atoms. The highest BCUT2D eigenvalue weighted by atomic mass is 19.1. The lowest BCUT2D eigenvalue weighted by atomic mass is 10.1. The van der Waals surface area contributed by atoms with Crippen LogP contribution in [-0.2, 0) is 4.79 Å². The fraction of sp³-hybridized carbons (Fsp3) is 0.200. The number of carbonyl (C=O) groups is 1. The number of rotatable bonds is 6. The lowest BCUT2D eigenvalue weighted by molar-refractivity contribution is -0.115. The summed E-state index contributed by atoms with van der Waals surface area (Å²) in [4.78, 5) is 12.1. The number of hydrogen-bond acceptors (Lipinski definition) is 4. The van der Waals surface area contributed by atoms with Crippen LogP contribution in [0.25, 0.3) is 11.3 Å². The van der Waals surface area contributed by atoms with Crippen LogP contribution in [0.1, 0.15) is 24.1 Å². The van der Waals surface area contributed by atoms with Gasteiger partial charge in [0.25, 0.3) is 0 Å². The van der Waals surface area contributed by atoms with Crippen molar-refractivity contribution in [2.75, 3.05) is 11.9 Å². The first-order chi connectivity index (χ1) is 12.9. The summed E-state index contributed by atoms with van der Waals surface area (Å²) in [7, 11) is 0. The van der Waals surface area contributed by atoms with Crippen LogP contribution in [0.2, 0.25) is 0 Å². The Kier molecular flexibility index (Phi) is 5.61. The third kappa shape index (κ3) is 4.77. The van der Waals surface area contributed by atoms with Crippen molar-refractivity contribution < 1.29 is 18.1 Å². The van der Waals surface area contributed by atoms with Gasteiger partial charge in [-0.15, -0.1) is 0 Å². The van der Waals surface area contributed by atoms with E-state index in [1.807, 2.05) is 31.2 Å². The molecule has 140 valence electrons. The summed E-state index contributed by atoms with van der Waals surface area (Å²) in [5.41, 5.74) is 2.91. The Labute approximate surface area is 155 Å². The number of aromatic nitrogens is 1. The van der Waals surface area contributed by atoms with Crippen LogP contribution in [0.3, 0.4) is 0 Å². The first-order valence-corrected chi connectivity index (χ1v) is 8.44. The van der Waals surface area contributed by atoms with Crippen molar-refractivity contribution in [2.24, 2.45) is 0 Å². The average molecular weight is 371 g/mol. The summed E-state index contributed by atoms with van der Waals surface area (Å²) in [5, 5.41) is 9.41. The molecule has 0 aliphatic heterocycles. The zero-order chi connectivity index (χ0) is 19.4. The number of anilines is 1. The number of halogens is 2. The van der Waals surface area contributed by atoms with Crippen LogP contribution in [0.4, 0.5) is 14.7 Å². The molecule has 2 aromatic carbocycles. The van der Waals surface area contributed by atoms with E-state index in [4.69, 9.17) is 4.52 Å². The van der Waals surface area contributed by atoms with E-state index in [1.54, 1.807) is 13.0 Å². The second-order valence-corrected chi connectivity index (χ2v) is 6.26. The van der Waals surface area contributed by atoms with Gasteiger partial charge in [0.05, 0.1) is 6.54 Å². The maximum atomic E-state index is 13.8. The van der Waals surface area contributed by atoms with E-state index in [9.17, 15) is 13.6 Å². The monoisotopic (exact) mass is 371 g/mol. The van der Waals surface area contributed by atoms with Crippen molar-refractivity contribution in [1.29, 1.82) is 0 Å². The van der Waals surface area contributed by atoms with Crippen LogP contribution in [0.15, 0.2) is 53.1 Å². The van der Waals surface area contributed by atoms with Gasteiger partial charge >= 0.3 is 0 Å². The molecule has 1 atom stereocenters. The maximum absolute atomic E-state index is 13.8. The predicted octanol–water partition coefficient (Wildman–Crippen LogP) is 4.22. The van der Waals surface area contributed by atoms with E-state index < -0.39 is 17.7 Å². The van der Waals surface area contributed by atoms with Gasteiger partial charge in [-0.25, -0.2) is 8.78 Å². The molecule has 0 radical (unpaired) electrons. The van der Waals surface area contributed by atoms with Gasteiger partial charge in [-0.05, 0) is 19.9 Å². The lowest BCUT2D eigenvalue weighted by Crippen LogP contribution is -2.30. The van der Waals surface area contributed by atoms with Gasteiger partial charge in [0.1, 0.15) is 17.3 Å². The van der Waals surface area contributed by atoms with Crippen LogP contribution in [0.5, 0.6) is 0 Å². The van der Waals surface area contributed by atoms with E-state index in [2.05, 4.69) is 15.8 Å². The molecule has 0 fully saturated rings. The number of hydrogen-bond donors (Lipinski definition) is 2. The number of carbonyl (C=O) groups excluding carboxylic acids is 1. The van der Waals surface area contributed by atoms with Gasteiger partial charge in [-0.2, -0.15) is 0 Å². The molecular weight excluding hydrogens is 352 g/mol. The molecule has 5 nitrogen and oxygen atoms in total. The zero-order valence-corrected chi connectivity index (χ0v) is 14.9. The number of nitrogens with one attached hydrogen (secondary N) is 2. The molecule has 27 heavy (non-hydrogen) atoms. The van der Waals surface area contributed by atoms with Crippen LogP contribution in [-0.4, -0.2) is 17.6 Å². The van der Waals surface area contributed by atoms with Gasteiger partial charge < -0.3 is 9.84 Å². The lowest BCUT2D eigenvalue weighted by Gasteiger charge is -2.14. The summed E-state index contributed by atoms with van der Waals surface area (Å²) >= 11 is 0. The third-order valence-electron chi connectivity index (χ3n) is 4.12. The second-order valence-electron chi connectivity index (χ2n) is 6.26. The molecule has 0 saturated carbocycles. The molecule has 3 aromatic rings. The first kappa shape index (κ1) is 18.7. The normalized spacial score (nSPS) is 12.0. The highest BCUT2D eigenvalue weighted by Gasteiger charge is 2.14. The SMILES string of the molecule is Cc1ccc(-c2cc(NC(=O)CN[C@@H](C)c3ccc(F)cc3F)on2)cc1. The standard InChI is InChI=1S/C20H19F2N3O2/c1-12-3-5-14(6-4-12)18-10-20(27-25-18)24-19(26)11-23-13(2)16-8-7-15(21)9-17(16)22/h3-10,13,23H,11H2,1-2H3,(H,24,26)/t13-/m0/s1. The number of amides is 1. The highest BCUT2D eigenvalue weighted by Crippen LogP contribution is 2.22. The average Bonchev–Trinajstić information content (AvgIpc) is 3.08. The molecule has 0 aliphatic carbocycles. The largest absolute Gasteiger partial charge is 0.338 e. The summed E-state index contributed by atoms with van der Waals surface area (Å²) in [6.07, 6.45) is 0. The van der Waals surface area contributed by atoms with Gasteiger partial charge in [0, 0.05) is 29.3 Å². The van der Waals surface area contributed by atoms with Crippen LogP contribution < -0.4 is 10.6 Å². The van der Waals surface area contributed by atoms with E-state index >= 15 is 0 Å². The molecular formula is C20H19F2N3O2. The smallest absolute Gasteiger partial charge is 0.240 e. The summed E-state index contributed by atoms with van der Waals surface area (Å²) in [5.74, 6) is -1.45. The summed E-state index contributed by atoms with van der Waals surface area (Å²) in [6.45, 7) is 3.61. The van der Waals surface area contributed by atoms with E-state index in [0.29, 0.717) is 5.69 Å². The summed E-state index contributed by atoms with van der Waals surface area (Å²) in [6, 6.07) is 12.3. The Morgan fingerprint density at radius 3 is 2.59 bits per heavy atom. The van der Waals surface area contributed by atoms with Crippen molar-refractivity contribution in [2.45, 2.75) is 19.9 Å². The second kappa shape index (κ2) is 8.09. The van der Waals surface area contributed by atoms with Gasteiger partial charge in [0.2, 0.25) is 11.8 Å². The molecule has 1 aromatic heterocycles. The maximum Gasteiger partial charge on any atom is 0.240 e. The van der Waals surface area contributed by atoms with Gasteiger partial charge in [-0.1, -0.05) is 41.1 Å². The molecule has 0 unspecified atom stereocenters. The summed E-state index contributed by atoms with van der Waals surface area (Å²) < 4.78 is 31.9. The Morgan fingerprint density at radius 1 is 1.15 bits per heavy atom. The quantitative estimate of drug-likeness (QED) is 0.681. The molecule has 0 aliphatic rings. The van der Waals surface area contributed by atoms with Crippen molar-refractivity contribution in [3.05, 3.63) is 71.3 Å². The van der Waals surface area contributed by atoms with Crippen molar-refractivity contribution in [3.63, 3.8) is 0 Å². The molecule has 1 amide bonds. The third-order valence-corrected chi connectivity index (χ3v) is 4.12. The zero-order valence-electron chi connectivity index (χ0n) is 14.9. The molecule has 2 N–H and O–H groups in total. The van der Waals surface area contributed by atoms with Crippen molar-refractivity contribution >= 4 is 11.8 Å². The molecule has 0 saturated heterocycles. The number of nitrogens with zero attached hydrogens (tertiary/aromatic N) is 1. The minimum atomic E-state index is -0.659. The molecule has 0 bridgehead atoms. The van der Waals surface area contributed by atoms with Crippen molar-refractivity contribution in [1.82, 2.24) is 10.5 Å². The van der Waals surface area contributed by atoms with Crippen LogP contribution in [0, 0.1) is 18.6 Å². The topological polar surface area (TPSA) is 67.2 Å². The molecule has 1 heterocycles. The Morgan fingerprint density at radius 2 is 1.89 bits per heavy atom. The number of benzene rings is 2. The Balaban J connectivity index is 1.56. The highest BCUT2D eigenvalue weighted by molar-refractivity contribution is 5.91. The minimum absolute atomic E-state index is 0.0709. The van der Waals surface area contributed by atoms with Crippen LogP contribution >= 0.6 is 0 Å².